The Morgan fingerprint density at radius 2 is 2.18 bits per heavy atom. The van der Waals surface area contributed by atoms with E-state index in [-0.39, 0.29) is 5.91 Å². The summed E-state index contributed by atoms with van der Waals surface area (Å²) >= 11 is 0. The zero-order valence-electron chi connectivity index (χ0n) is 5.33. The molecular formula is C6H2N4O. The summed E-state index contributed by atoms with van der Waals surface area (Å²) in [5.41, 5.74) is 2.58. The van der Waals surface area contributed by atoms with Crippen LogP contribution in [0, 0.1) is 0 Å². The minimum atomic E-state index is -0.337. The van der Waals surface area contributed by atoms with Crippen LogP contribution >= 0.6 is 0 Å². The van der Waals surface area contributed by atoms with Crippen LogP contribution in [0.15, 0.2) is 15.2 Å². The lowest BCUT2D eigenvalue weighted by molar-refractivity contribution is 0.0990. The summed E-state index contributed by atoms with van der Waals surface area (Å²) in [5, 5.41) is 7.13. The number of carbonyl (C=O) groups is 1. The summed E-state index contributed by atoms with van der Waals surface area (Å²) in [5.74, 6) is -0.337. The standard InChI is InChI=1S/C6H2N4O/c11-6-5-4-3(9-10-6)2(8-5)1-7-4/h1,8H. The van der Waals surface area contributed by atoms with Crippen molar-refractivity contribution in [2.45, 2.75) is 0 Å². The molecule has 0 radical (unpaired) electrons. The molecule has 1 aromatic heterocycles. The second-order valence-corrected chi connectivity index (χ2v) is 2.37. The van der Waals surface area contributed by atoms with Crippen LogP contribution in [0.25, 0.3) is 0 Å². The van der Waals surface area contributed by atoms with Crippen molar-refractivity contribution in [2.75, 3.05) is 0 Å². The van der Waals surface area contributed by atoms with Gasteiger partial charge in [-0.1, -0.05) is 0 Å². The van der Waals surface area contributed by atoms with E-state index in [4.69, 9.17) is 0 Å². The zero-order valence-corrected chi connectivity index (χ0v) is 5.33. The smallest absolute Gasteiger partial charge is 0.314 e. The molecule has 1 N–H and O–H groups in total. The Labute approximate surface area is 60.9 Å². The van der Waals surface area contributed by atoms with Crippen LogP contribution in [0.5, 0.6) is 0 Å². The van der Waals surface area contributed by atoms with E-state index >= 15 is 0 Å². The first-order chi connectivity index (χ1) is 5.36. The maximum atomic E-state index is 11.0. The number of hydrogen-bond donors (Lipinski definition) is 1. The van der Waals surface area contributed by atoms with Gasteiger partial charge in [0.25, 0.3) is 0 Å². The SMILES string of the molecule is O=C1N=Nc2c3[nH]c1c2N=C3. The Kier molecular flexibility index (Phi) is 0.581. The largest absolute Gasteiger partial charge is 0.346 e. The first-order valence-electron chi connectivity index (χ1n) is 3.12. The highest BCUT2D eigenvalue weighted by atomic mass is 16.2. The highest BCUT2D eigenvalue weighted by molar-refractivity contribution is 6.10. The summed E-state index contributed by atoms with van der Waals surface area (Å²) in [6.45, 7) is 0. The van der Waals surface area contributed by atoms with Gasteiger partial charge in [0.1, 0.15) is 17.1 Å². The van der Waals surface area contributed by atoms with Crippen molar-refractivity contribution in [1.82, 2.24) is 4.98 Å². The van der Waals surface area contributed by atoms with Gasteiger partial charge in [0.15, 0.2) is 0 Å². The van der Waals surface area contributed by atoms with Gasteiger partial charge in [-0.15, -0.1) is 10.2 Å². The molecule has 0 spiro atoms. The van der Waals surface area contributed by atoms with E-state index in [0.717, 1.165) is 5.69 Å². The van der Waals surface area contributed by atoms with Crippen LogP contribution in [0.3, 0.4) is 0 Å². The topological polar surface area (TPSA) is 69.9 Å². The second kappa shape index (κ2) is 1.29. The lowest BCUT2D eigenvalue weighted by Gasteiger charge is -1.96. The number of aromatic amines is 1. The number of nitrogens with one attached hydrogen (secondary N) is 1. The summed E-state index contributed by atoms with van der Waals surface area (Å²) in [7, 11) is 0. The van der Waals surface area contributed by atoms with Crippen molar-refractivity contribution in [2.24, 2.45) is 15.2 Å². The maximum Gasteiger partial charge on any atom is 0.314 e. The molecule has 0 saturated heterocycles. The summed E-state index contributed by atoms with van der Waals surface area (Å²) in [4.78, 5) is 17.8. The fourth-order valence-corrected chi connectivity index (χ4v) is 1.25. The van der Waals surface area contributed by atoms with Gasteiger partial charge in [-0.05, 0) is 0 Å². The fraction of sp³-hybridized carbons (Fsp3) is 0. The predicted molar refractivity (Wildman–Crippen MR) is 36.9 cm³/mol. The number of nitrogens with zero attached hydrogens (tertiary/aromatic N) is 3. The van der Waals surface area contributed by atoms with Crippen molar-refractivity contribution in [3.05, 3.63) is 11.4 Å². The normalized spacial score (nSPS) is 16.5. The van der Waals surface area contributed by atoms with E-state index in [9.17, 15) is 4.79 Å². The van der Waals surface area contributed by atoms with Crippen LogP contribution in [0.2, 0.25) is 0 Å². The van der Waals surface area contributed by atoms with E-state index < -0.39 is 0 Å². The molecular weight excluding hydrogens is 144 g/mol. The third kappa shape index (κ3) is 0.399. The van der Waals surface area contributed by atoms with Crippen LogP contribution in [0.4, 0.5) is 11.4 Å². The van der Waals surface area contributed by atoms with Gasteiger partial charge in [0, 0.05) is 0 Å². The minimum Gasteiger partial charge on any atom is -0.346 e. The Hall–Kier alpha value is -1.78. The van der Waals surface area contributed by atoms with Gasteiger partial charge >= 0.3 is 5.91 Å². The lowest BCUT2D eigenvalue weighted by atomic mass is 10.3. The molecule has 0 aliphatic carbocycles. The summed E-state index contributed by atoms with van der Waals surface area (Å²) in [6.07, 6.45) is 1.64. The molecule has 52 valence electrons. The molecule has 0 unspecified atom stereocenters. The van der Waals surface area contributed by atoms with Crippen molar-refractivity contribution in [3.8, 4) is 0 Å². The highest BCUT2D eigenvalue weighted by Gasteiger charge is 2.28. The number of amides is 1. The van der Waals surface area contributed by atoms with Crippen LogP contribution < -0.4 is 0 Å². The second-order valence-electron chi connectivity index (χ2n) is 2.37. The van der Waals surface area contributed by atoms with Gasteiger partial charge in [-0.2, -0.15) is 0 Å². The fourth-order valence-electron chi connectivity index (χ4n) is 1.25. The third-order valence-electron chi connectivity index (χ3n) is 1.75. The Morgan fingerprint density at radius 3 is 3.00 bits per heavy atom. The van der Waals surface area contributed by atoms with E-state index in [1.165, 1.54) is 0 Å². The van der Waals surface area contributed by atoms with Gasteiger partial charge in [-0.25, -0.2) is 4.99 Å². The van der Waals surface area contributed by atoms with Crippen molar-refractivity contribution < 1.29 is 4.79 Å². The highest BCUT2D eigenvalue weighted by Crippen LogP contribution is 2.42. The molecule has 2 aliphatic rings. The molecule has 4 bridgehead atoms. The molecule has 0 fully saturated rings. The van der Waals surface area contributed by atoms with Crippen LogP contribution in [-0.2, 0) is 0 Å². The van der Waals surface area contributed by atoms with E-state index in [1.54, 1.807) is 6.21 Å². The lowest BCUT2D eigenvalue weighted by Crippen LogP contribution is -1.97. The zero-order chi connectivity index (χ0) is 7.42. The first kappa shape index (κ1) is 4.95. The van der Waals surface area contributed by atoms with Gasteiger partial charge < -0.3 is 4.98 Å². The average Bonchev–Trinajstić information content (AvgIpc) is 2.52. The number of hydrogen-bond acceptors (Lipinski definition) is 3. The number of azo groups is 1. The molecule has 1 amide bonds. The van der Waals surface area contributed by atoms with Crippen LogP contribution in [-0.4, -0.2) is 17.1 Å². The maximum absolute atomic E-state index is 11.0. The molecule has 0 saturated carbocycles. The van der Waals surface area contributed by atoms with Crippen molar-refractivity contribution in [3.63, 3.8) is 0 Å². The van der Waals surface area contributed by atoms with Gasteiger partial charge in [0.2, 0.25) is 0 Å². The van der Waals surface area contributed by atoms with E-state index in [0.29, 0.717) is 17.1 Å². The Morgan fingerprint density at radius 1 is 1.27 bits per heavy atom. The predicted octanol–water partition coefficient (Wildman–Crippen LogP) is 1.32. The molecule has 0 aromatic carbocycles. The monoisotopic (exact) mass is 146 g/mol. The minimum absolute atomic E-state index is 0.337. The van der Waals surface area contributed by atoms with Crippen molar-refractivity contribution >= 4 is 23.5 Å². The van der Waals surface area contributed by atoms with Gasteiger partial charge in [0.05, 0.1) is 11.9 Å². The van der Waals surface area contributed by atoms with E-state index in [2.05, 4.69) is 20.2 Å². The van der Waals surface area contributed by atoms with E-state index in [1.807, 2.05) is 0 Å². The quantitative estimate of drug-likeness (QED) is 0.598. The average molecular weight is 146 g/mol. The molecule has 5 heteroatoms. The van der Waals surface area contributed by atoms with Gasteiger partial charge in [-0.3, -0.25) is 4.79 Å². The number of aliphatic imine (C=N–C) groups is 1. The molecule has 11 heavy (non-hydrogen) atoms. The molecule has 5 nitrogen and oxygen atoms in total. The molecule has 0 atom stereocenters. The first-order valence-corrected chi connectivity index (χ1v) is 3.12. The number of aromatic nitrogens is 1. The molecule has 3 heterocycles. The molecule has 3 rings (SSSR count). The summed E-state index contributed by atoms with van der Waals surface area (Å²) < 4.78 is 0. The summed E-state index contributed by atoms with van der Waals surface area (Å²) in [6, 6.07) is 0. The number of H-pyrrole nitrogens is 1. The van der Waals surface area contributed by atoms with Crippen LogP contribution in [0.1, 0.15) is 16.2 Å². The van der Waals surface area contributed by atoms with Crippen molar-refractivity contribution in [1.29, 1.82) is 0 Å². The molecule has 2 aliphatic heterocycles. The Bertz CT molecular complexity index is 426. The third-order valence-corrected chi connectivity index (χ3v) is 1.75. The Balaban J connectivity index is 2.50. The molecule has 1 aromatic rings. The number of rotatable bonds is 0. The number of carbonyl (C=O) groups excluding carboxylic acids is 1.